The first-order valence-electron chi connectivity index (χ1n) is 7.94. The summed E-state index contributed by atoms with van der Waals surface area (Å²) in [6, 6.07) is 2.28. The largest absolute Gasteiger partial charge is 0.356 e. The molecule has 0 atom stereocenters. The highest BCUT2D eigenvalue weighted by molar-refractivity contribution is 7.18. The molecule has 21 heavy (non-hydrogen) atoms. The quantitative estimate of drug-likeness (QED) is 0.921. The topological polar surface area (TPSA) is 41.0 Å². The average Bonchev–Trinajstić information content (AvgIpc) is 2.96. The number of piperidine rings is 1. The Labute approximate surface area is 130 Å². The van der Waals surface area contributed by atoms with Crippen molar-refractivity contribution in [1.29, 1.82) is 0 Å². The predicted molar refractivity (Wildman–Crippen MR) is 90.3 cm³/mol. The van der Waals surface area contributed by atoms with E-state index in [1.54, 1.807) is 17.7 Å². The van der Waals surface area contributed by atoms with Crippen LogP contribution in [0.1, 0.15) is 31.1 Å². The number of hydrogen-bond donors (Lipinski definition) is 1. The summed E-state index contributed by atoms with van der Waals surface area (Å²) < 4.78 is 0. The van der Waals surface area contributed by atoms with Crippen LogP contribution in [0, 0.1) is 5.92 Å². The van der Waals surface area contributed by atoms with Crippen LogP contribution in [0.25, 0.3) is 10.2 Å². The summed E-state index contributed by atoms with van der Waals surface area (Å²) in [5.41, 5.74) is 0. The summed E-state index contributed by atoms with van der Waals surface area (Å²) in [5.74, 6) is 2.00. The van der Waals surface area contributed by atoms with Crippen LogP contribution in [0.2, 0.25) is 0 Å². The van der Waals surface area contributed by atoms with Gasteiger partial charge in [-0.3, -0.25) is 0 Å². The molecule has 2 aromatic heterocycles. The summed E-state index contributed by atoms with van der Waals surface area (Å²) in [6.07, 6.45) is 6.64. The molecule has 0 spiro atoms. The molecule has 1 fully saturated rings. The Kier molecular flexibility index (Phi) is 4.70. The van der Waals surface area contributed by atoms with Gasteiger partial charge in [-0.1, -0.05) is 6.92 Å². The summed E-state index contributed by atoms with van der Waals surface area (Å²) in [6.45, 7) is 5.58. The molecule has 0 amide bonds. The summed E-state index contributed by atoms with van der Waals surface area (Å²) in [7, 11) is 2.04. The Morgan fingerprint density at radius 1 is 1.33 bits per heavy atom. The second-order valence-electron chi connectivity index (χ2n) is 5.81. The number of aryl methyl sites for hydroxylation is 1. The zero-order valence-corrected chi connectivity index (χ0v) is 13.7. The van der Waals surface area contributed by atoms with E-state index in [4.69, 9.17) is 0 Å². The van der Waals surface area contributed by atoms with Crippen molar-refractivity contribution in [2.45, 2.75) is 32.6 Å². The molecule has 3 heterocycles. The van der Waals surface area contributed by atoms with Gasteiger partial charge in [0, 0.05) is 18.0 Å². The Morgan fingerprint density at radius 2 is 2.14 bits per heavy atom. The second kappa shape index (κ2) is 6.71. The van der Waals surface area contributed by atoms with Gasteiger partial charge in [0.05, 0.1) is 5.39 Å². The minimum atomic E-state index is 0.861. The molecule has 1 aliphatic heterocycles. The van der Waals surface area contributed by atoms with Crippen molar-refractivity contribution in [2.75, 3.05) is 31.6 Å². The Bertz CT molecular complexity index is 587. The zero-order valence-electron chi connectivity index (χ0n) is 12.9. The lowest BCUT2D eigenvalue weighted by Gasteiger charge is -2.33. The summed E-state index contributed by atoms with van der Waals surface area (Å²) in [4.78, 5) is 14.0. The maximum absolute atomic E-state index is 4.57. The molecule has 5 heteroatoms. The lowest BCUT2D eigenvalue weighted by molar-refractivity contribution is 0.377. The number of rotatable bonds is 5. The Balaban J connectivity index is 1.74. The highest BCUT2D eigenvalue weighted by Crippen LogP contribution is 2.32. The van der Waals surface area contributed by atoms with Gasteiger partial charge in [0.25, 0.3) is 0 Å². The molecule has 4 nitrogen and oxygen atoms in total. The average molecular weight is 304 g/mol. The predicted octanol–water partition coefficient (Wildman–Crippen LogP) is 3.08. The molecule has 3 rings (SSSR count). The number of fused-ring (bicyclic) bond motifs is 1. The third-order valence-electron chi connectivity index (χ3n) is 4.42. The fourth-order valence-electron chi connectivity index (χ4n) is 3.10. The third kappa shape index (κ3) is 3.19. The lowest BCUT2D eigenvalue weighted by atomic mass is 9.93. The van der Waals surface area contributed by atoms with E-state index in [2.05, 4.69) is 33.2 Å². The minimum Gasteiger partial charge on any atom is -0.356 e. The van der Waals surface area contributed by atoms with Gasteiger partial charge in [-0.15, -0.1) is 11.3 Å². The first-order chi connectivity index (χ1) is 10.3. The number of aromatic nitrogens is 2. The van der Waals surface area contributed by atoms with Crippen LogP contribution in [0.4, 0.5) is 5.82 Å². The number of nitrogens with zero attached hydrogens (tertiary/aromatic N) is 3. The van der Waals surface area contributed by atoms with E-state index in [9.17, 15) is 0 Å². The van der Waals surface area contributed by atoms with Crippen LogP contribution in [0.3, 0.4) is 0 Å². The van der Waals surface area contributed by atoms with Crippen LogP contribution < -0.4 is 10.2 Å². The zero-order chi connectivity index (χ0) is 14.7. The van der Waals surface area contributed by atoms with Crippen LogP contribution in [0.5, 0.6) is 0 Å². The molecule has 2 aromatic rings. The van der Waals surface area contributed by atoms with Gasteiger partial charge in [0.2, 0.25) is 0 Å². The molecule has 114 valence electrons. The molecule has 0 radical (unpaired) electrons. The highest BCUT2D eigenvalue weighted by atomic mass is 32.1. The van der Waals surface area contributed by atoms with Crippen molar-refractivity contribution in [3.63, 3.8) is 0 Å². The number of thiophene rings is 1. The first kappa shape index (κ1) is 14.7. The molecule has 1 N–H and O–H groups in total. The van der Waals surface area contributed by atoms with Crippen LogP contribution in [-0.2, 0) is 6.42 Å². The van der Waals surface area contributed by atoms with Crippen molar-refractivity contribution < 1.29 is 0 Å². The van der Waals surface area contributed by atoms with E-state index in [-0.39, 0.29) is 0 Å². The number of hydrogen-bond acceptors (Lipinski definition) is 5. The monoisotopic (exact) mass is 304 g/mol. The third-order valence-corrected chi connectivity index (χ3v) is 5.61. The number of nitrogens with one attached hydrogen (secondary N) is 1. The van der Waals surface area contributed by atoms with Gasteiger partial charge in [-0.25, -0.2) is 9.97 Å². The first-order valence-corrected chi connectivity index (χ1v) is 8.76. The molecule has 1 saturated heterocycles. The molecule has 0 saturated carbocycles. The molecule has 0 bridgehead atoms. The lowest BCUT2D eigenvalue weighted by Crippen LogP contribution is -2.35. The van der Waals surface area contributed by atoms with Crippen LogP contribution >= 0.6 is 11.3 Å². The maximum atomic E-state index is 4.57. The minimum absolute atomic E-state index is 0.861. The smallest absolute Gasteiger partial charge is 0.140 e. The SMILES string of the molecule is CCc1cc2c(N3CCC(CCNC)CC3)ncnc2s1. The normalized spacial score (nSPS) is 16.8. The Hall–Kier alpha value is -1.20. The van der Waals surface area contributed by atoms with Crippen molar-refractivity contribution in [2.24, 2.45) is 5.92 Å². The van der Waals surface area contributed by atoms with Crippen LogP contribution in [-0.4, -0.2) is 36.6 Å². The van der Waals surface area contributed by atoms with Crippen molar-refractivity contribution in [1.82, 2.24) is 15.3 Å². The van der Waals surface area contributed by atoms with Gasteiger partial charge in [-0.2, -0.15) is 0 Å². The van der Waals surface area contributed by atoms with Gasteiger partial charge >= 0.3 is 0 Å². The van der Waals surface area contributed by atoms with Crippen molar-refractivity contribution in [3.05, 3.63) is 17.3 Å². The van der Waals surface area contributed by atoms with E-state index >= 15 is 0 Å². The summed E-state index contributed by atoms with van der Waals surface area (Å²) >= 11 is 1.80. The number of anilines is 1. The van der Waals surface area contributed by atoms with E-state index in [0.717, 1.165) is 42.6 Å². The molecule has 0 aromatic carbocycles. The molecular weight excluding hydrogens is 280 g/mol. The maximum Gasteiger partial charge on any atom is 0.140 e. The van der Waals surface area contributed by atoms with E-state index < -0.39 is 0 Å². The molecular formula is C16H24N4S. The Morgan fingerprint density at radius 3 is 2.86 bits per heavy atom. The van der Waals surface area contributed by atoms with E-state index in [0.29, 0.717) is 0 Å². The second-order valence-corrected chi connectivity index (χ2v) is 6.92. The van der Waals surface area contributed by atoms with Crippen molar-refractivity contribution >= 4 is 27.4 Å². The van der Waals surface area contributed by atoms with E-state index in [1.165, 1.54) is 29.5 Å². The fraction of sp³-hybridized carbons (Fsp3) is 0.625. The molecule has 1 aliphatic rings. The van der Waals surface area contributed by atoms with Gasteiger partial charge in [-0.05, 0) is 51.3 Å². The van der Waals surface area contributed by atoms with Gasteiger partial charge in [0.1, 0.15) is 17.0 Å². The van der Waals surface area contributed by atoms with Gasteiger partial charge in [0.15, 0.2) is 0 Å². The summed E-state index contributed by atoms with van der Waals surface area (Å²) in [5, 5.41) is 4.50. The van der Waals surface area contributed by atoms with Crippen molar-refractivity contribution in [3.8, 4) is 0 Å². The van der Waals surface area contributed by atoms with Crippen LogP contribution in [0.15, 0.2) is 12.4 Å². The van der Waals surface area contributed by atoms with E-state index in [1.807, 2.05) is 7.05 Å². The van der Waals surface area contributed by atoms with Gasteiger partial charge < -0.3 is 10.2 Å². The fourth-order valence-corrected chi connectivity index (χ4v) is 4.03. The highest BCUT2D eigenvalue weighted by Gasteiger charge is 2.21. The molecule has 0 unspecified atom stereocenters. The molecule has 0 aliphatic carbocycles. The standard InChI is InChI=1S/C16H24N4S/c1-3-13-10-14-15(18-11-19-16(14)21-13)20-8-5-12(6-9-20)4-7-17-2/h10-12,17H,3-9H2,1-2H3.